The summed E-state index contributed by atoms with van der Waals surface area (Å²) in [6.45, 7) is 0. The SMILES string of the molecule is O=C(O)C(CCS)N[C@@H]1C=CC=CN1C(=O)c1ccccc1-c1ccccc1. The van der Waals surface area contributed by atoms with Gasteiger partial charge in [-0.05, 0) is 41.5 Å². The number of nitrogens with one attached hydrogen (secondary N) is 1. The first-order valence-corrected chi connectivity index (χ1v) is 9.67. The van der Waals surface area contributed by atoms with Crippen molar-refractivity contribution < 1.29 is 14.7 Å². The fraction of sp³-hybridized carbons (Fsp3) is 0.182. The molecule has 2 aromatic rings. The fourth-order valence-corrected chi connectivity index (χ4v) is 3.38. The Labute approximate surface area is 169 Å². The van der Waals surface area contributed by atoms with Gasteiger partial charge in [-0.1, -0.05) is 54.6 Å². The van der Waals surface area contributed by atoms with Crippen LogP contribution in [0.2, 0.25) is 0 Å². The molecule has 0 bridgehead atoms. The van der Waals surface area contributed by atoms with Crippen LogP contribution >= 0.6 is 12.6 Å². The molecular formula is C22H22N2O3S. The largest absolute Gasteiger partial charge is 0.480 e. The first-order chi connectivity index (χ1) is 13.6. The second-order valence-corrected chi connectivity index (χ2v) is 6.81. The quantitative estimate of drug-likeness (QED) is 0.628. The predicted molar refractivity (Wildman–Crippen MR) is 113 cm³/mol. The molecule has 2 aromatic carbocycles. The van der Waals surface area contributed by atoms with Gasteiger partial charge in [-0.3, -0.25) is 19.8 Å². The van der Waals surface area contributed by atoms with Gasteiger partial charge in [-0.25, -0.2) is 0 Å². The van der Waals surface area contributed by atoms with E-state index in [1.807, 2.05) is 48.5 Å². The van der Waals surface area contributed by atoms with Crippen molar-refractivity contribution in [2.45, 2.75) is 18.6 Å². The lowest BCUT2D eigenvalue weighted by Crippen LogP contribution is -2.52. The van der Waals surface area contributed by atoms with Gasteiger partial charge in [0, 0.05) is 11.8 Å². The number of carbonyl (C=O) groups excluding carboxylic acids is 1. The molecule has 0 aromatic heterocycles. The maximum absolute atomic E-state index is 13.4. The zero-order chi connectivity index (χ0) is 19.9. The van der Waals surface area contributed by atoms with Crippen LogP contribution in [0.25, 0.3) is 11.1 Å². The summed E-state index contributed by atoms with van der Waals surface area (Å²) < 4.78 is 0. The summed E-state index contributed by atoms with van der Waals surface area (Å²) in [5.74, 6) is -0.734. The molecule has 28 heavy (non-hydrogen) atoms. The number of allylic oxidation sites excluding steroid dienone is 2. The zero-order valence-corrected chi connectivity index (χ0v) is 16.1. The van der Waals surface area contributed by atoms with Crippen molar-refractivity contribution in [3.05, 3.63) is 84.6 Å². The van der Waals surface area contributed by atoms with Crippen LogP contribution in [0, 0.1) is 0 Å². The number of hydrogen-bond donors (Lipinski definition) is 3. The van der Waals surface area contributed by atoms with Gasteiger partial charge in [0.1, 0.15) is 12.2 Å². The summed E-state index contributed by atoms with van der Waals surface area (Å²) in [5, 5.41) is 12.5. The Morgan fingerprint density at radius 3 is 2.50 bits per heavy atom. The molecule has 2 atom stereocenters. The van der Waals surface area contributed by atoms with E-state index >= 15 is 0 Å². The molecule has 1 heterocycles. The number of amides is 1. The molecule has 1 aliphatic heterocycles. The Morgan fingerprint density at radius 2 is 1.79 bits per heavy atom. The summed E-state index contributed by atoms with van der Waals surface area (Å²) in [7, 11) is 0. The molecule has 0 fully saturated rings. The first kappa shape index (κ1) is 19.9. The minimum atomic E-state index is -0.964. The average Bonchev–Trinajstić information content (AvgIpc) is 2.74. The van der Waals surface area contributed by atoms with Crippen LogP contribution in [0.3, 0.4) is 0 Å². The smallest absolute Gasteiger partial charge is 0.320 e. The van der Waals surface area contributed by atoms with Gasteiger partial charge in [0.15, 0.2) is 0 Å². The lowest BCUT2D eigenvalue weighted by Gasteiger charge is -2.32. The van der Waals surface area contributed by atoms with Crippen molar-refractivity contribution in [1.29, 1.82) is 0 Å². The molecule has 0 aliphatic carbocycles. The van der Waals surface area contributed by atoms with E-state index in [0.717, 1.165) is 11.1 Å². The van der Waals surface area contributed by atoms with Crippen molar-refractivity contribution in [1.82, 2.24) is 10.2 Å². The first-order valence-electron chi connectivity index (χ1n) is 9.03. The van der Waals surface area contributed by atoms with E-state index in [2.05, 4.69) is 17.9 Å². The highest BCUT2D eigenvalue weighted by atomic mass is 32.1. The van der Waals surface area contributed by atoms with E-state index in [-0.39, 0.29) is 5.91 Å². The molecule has 144 valence electrons. The monoisotopic (exact) mass is 394 g/mol. The number of nitrogens with zero attached hydrogens (tertiary/aromatic N) is 1. The number of hydrogen-bond acceptors (Lipinski definition) is 4. The number of carboxylic acids is 1. The number of benzene rings is 2. The molecule has 5 nitrogen and oxygen atoms in total. The van der Waals surface area contributed by atoms with Crippen LogP contribution in [0.15, 0.2) is 79.0 Å². The lowest BCUT2D eigenvalue weighted by molar-refractivity contribution is -0.139. The molecule has 1 unspecified atom stereocenters. The summed E-state index contributed by atoms with van der Waals surface area (Å²) in [6, 6.07) is 16.3. The standard InChI is InChI=1S/C22H22N2O3S/c25-21(18-11-5-4-10-17(18)16-8-2-1-3-9-16)24-14-7-6-12-20(24)23-19(13-15-28)22(26)27/h1-12,14,19-20,23,28H,13,15H2,(H,26,27)/t19?,20-/m0/s1. The third kappa shape index (κ3) is 4.52. The Kier molecular flexibility index (Phi) is 6.68. The molecule has 1 aliphatic rings. The van der Waals surface area contributed by atoms with Gasteiger partial charge in [-0.15, -0.1) is 0 Å². The normalized spacial score (nSPS) is 16.8. The van der Waals surface area contributed by atoms with E-state index in [1.54, 1.807) is 30.5 Å². The molecule has 0 saturated heterocycles. The highest BCUT2D eigenvalue weighted by Crippen LogP contribution is 2.26. The third-order valence-electron chi connectivity index (χ3n) is 4.52. The van der Waals surface area contributed by atoms with Gasteiger partial charge >= 0.3 is 5.97 Å². The van der Waals surface area contributed by atoms with E-state index in [1.165, 1.54) is 4.90 Å². The van der Waals surface area contributed by atoms with E-state index < -0.39 is 18.2 Å². The van der Waals surface area contributed by atoms with Crippen LogP contribution in [0.5, 0.6) is 0 Å². The highest BCUT2D eigenvalue weighted by Gasteiger charge is 2.28. The third-order valence-corrected chi connectivity index (χ3v) is 4.77. The lowest BCUT2D eigenvalue weighted by atomic mass is 9.98. The van der Waals surface area contributed by atoms with Crippen molar-refractivity contribution >= 4 is 24.5 Å². The van der Waals surface area contributed by atoms with Crippen molar-refractivity contribution in [2.75, 3.05) is 5.75 Å². The van der Waals surface area contributed by atoms with Crippen LogP contribution in [-0.2, 0) is 4.79 Å². The Hall–Kier alpha value is -2.83. The Morgan fingerprint density at radius 1 is 1.07 bits per heavy atom. The van der Waals surface area contributed by atoms with Crippen molar-refractivity contribution in [2.24, 2.45) is 0 Å². The van der Waals surface area contributed by atoms with Crippen LogP contribution < -0.4 is 5.32 Å². The Bertz CT molecular complexity index is 896. The van der Waals surface area contributed by atoms with Crippen LogP contribution in [-0.4, -0.2) is 39.8 Å². The van der Waals surface area contributed by atoms with Gasteiger partial charge in [0.25, 0.3) is 5.91 Å². The molecule has 0 saturated carbocycles. The molecule has 0 radical (unpaired) electrons. The number of carbonyl (C=O) groups is 2. The summed E-state index contributed by atoms with van der Waals surface area (Å²) in [4.78, 5) is 26.4. The average molecular weight is 394 g/mol. The number of aliphatic carboxylic acids is 1. The summed E-state index contributed by atoms with van der Waals surface area (Å²) >= 11 is 4.13. The minimum Gasteiger partial charge on any atom is -0.480 e. The minimum absolute atomic E-state index is 0.201. The van der Waals surface area contributed by atoms with Crippen LogP contribution in [0.4, 0.5) is 0 Å². The summed E-state index contributed by atoms with van der Waals surface area (Å²) in [5.41, 5.74) is 2.34. The molecule has 1 amide bonds. The number of rotatable bonds is 7. The van der Waals surface area contributed by atoms with E-state index in [0.29, 0.717) is 17.7 Å². The fourth-order valence-electron chi connectivity index (χ4n) is 3.12. The summed E-state index contributed by atoms with van der Waals surface area (Å²) in [6.07, 6.45) is 6.80. The molecule has 0 spiro atoms. The predicted octanol–water partition coefficient (Wildman–Crippen LogP) is 3.57. The van der Waals surface area contributed by atoms with E-state index in [9.17, 15) is 14.7 Å². The van der Waals surface area contributed by atoms with Gasteiger partial charge in [0.2, 0.25) is 0 Å². The molecular weight excluding hydrogens is 372 g/mol. The van der Waals surface area contributed by atoms with Crippen molar-refractivity contribution in [3.8, 4) is 11.1 Å². The Balaban J connectivity index is 1.90. The molecule has 2 N–H and O–H groups in total. The van der Waals surface area contributed by atoms with Crippen LogP contribution in [0.1, 0.15) is 16.8 Å². The molecule has 6 heteroatoms. The number of thiol groups is 1. The molecule has 3 rings (SSSR count). The van der Waals surface area contributed by atoms with Crippen molar-refractivity contribution in [3.63, 3.8) is 0 Å². The topological polar surface area (TPSA) is 69.6 Å². The van der Waals surface area contributed by atoms with Gasteiger partial charge in [0.05, 0.1) is 0 Å². The van der Waals surface area contributed by atoms with Gasteiger partial charge < -0.3 is 5.11 Å². The maximum Gasteiger partial charge on any atom is 0.320 e. The van der Waals surface area contributed by atoms with Gasteiger partial charge in [-0.2, -0.15) is 12.6 Å². The second kappa shape index (κ2) is 9.39. The number of carboxylic acid groups (broad SMARTS) is 1. The van der Waals surface area contributed by atoms with E-state index in [4.69, 9.17) is 0 Å². The zero-order valence-electron chi connectivity index (χ0n) is 15.2. The second-order valence-electron chi connectivity index (χ2n) is 6.37. The highest BCUT2D eigenvalue weighted by molar-refractivity contribution is 7.80. The maximum atomic E-state index is 13.4.